The second-order valence-electron chi connectivity index (χ2n) is 6.38. The highest BCUT2D eigenvalue weighted by molar-refractivity contribution is 7.98. The van der Waals surface area contributed by atoms with Crippen LogP contribution in [0.3, 0.4) is 0 Å². The molecule has 1 aromatic carbocycles. The topological polar surface area (TPSA) is 148 Å². The molecule has 2 atom stereocenters. The zero-order valence-electron chi connectivity index (χ0n) is 16.8. The van der Waals surface area contributed by atoms with Crippen molar-refractivity contribution < 1.29 is 24.3 Å². The molecule has 0 spiro atoms. The third-order valence-electron chi connectivity index (χ3n) is 4.34. The van der Waals surface area contributed by atoms with Crippen molar-refractivity contribution in [3.8, 4) is 23.6 Å². The van der Waals surface area contributed by atoms with Crippen molar-refractivity contribution in [3.63, 3.8) is 0 Å². The summed E-state index contributed by atoms with van der Waals surface area (Å²) in [7, 11) is 0. The number of aromatic nitrogens is 2. The van der Waals surface area contributed by atoms with Crippen LogP contribution in [-0.2, 0) is 4.79 Å². The number of thioether (sulfide) groups is 1. The molecule has 0 fully saturated rings. The fraction of sp³-hybridized carbons (Fsp3) is 0.368. The zero-order chi connectivity index (χ0) is 22.4. The molecular weight excluding hydrogens is 412 g/mol. The van der Waals surface area contributed by atoms with Gasteiger partial charge in [-0.25, -0.2) is 4.79 Å². The largest absolute Gasteiger partial charge is 0.478 e. The molecule has 0 aliphatic heterocycles. The van der Waals surface area contributed by atoms with E-state index in [0.717, 1.165) is 11.8 Å². The summed E-state index contributed by atoms with van der Waals surface area (Å²) in [4.78, 5) is 30.6. The van der Waals surface area contributed by atoms with E-state index in [0.29, 0.717) is 17.5 Å². The molecule has 1 aromatic heterocycles. The monoisotopic (exact) mass is 432 g/mol. The number of nitro groups is 1. The SMILES string of the molecule is CCC(C)C(Oc1nc(SC)nc(Oc2ccc(C#N)c(C)c2)c1[N+](=O)[O-])C(=O)O. The maximum atomic E-state index is 11.8. The van der Waals surface area contributed by atoms with Gasteiger partial charge in [-0.2, -0.15) is 15.2 Å². The van der Waals surface area contributed by atoms with Crippen LogP contribution in [0.1, 0.15) is 31.4 Å². The second kappa shape index (κ2) is 9.89. The normalized spacial score (nSPS) is 12.5. The van der Waals surface area contributed by atoms with E-state index in [1.165, 1.54) is 12.1 Å². The average Bonchev–Trinajstić information content (AvgIpc) is 2.70. The molecule has 0 aliphatic carbocycles. The fourth-order valence-electron chi connectivity index (χ4n) is 2.48. The first-order valence-corrected chi connectivity index (χ1v) is 10.1. The maximum absolute atomic E-state index is 11.8. The first-order valence-electron chi connectivity index (χ1n) is 8.90. The van der Waals surface area contributed by atoms with Crippen LogP contribution < -0.4 is 9.47 Å². The molecule has 10 nitrogen and oxygen atoms in total. The standard InChI is InChI=1S/C19H20N4O6S/c1-5-10(2)15(18(24)25)29-17-14(23(26)27)16(21-19(22-17)30-4)28-13-7-6-12(9-20)11(3)8-13/h6-8,10,15H,5H2,1-4H3,(H,24,25). The van der Waals surface area contributed by atoms with E-state index < -0.39 is 34.5 Å². The van der Waals surface area contributed by atoms with Crippen LogP contribution in [0, 0.1) is 34.3 Å². The van der Waals surface area contributed by atoms with E-state index in [-0.39, 0.29) is 16.8 Å². The predicted molar refractivity (Wildman–Crippen MR) is 108 cm³/mol. The number of carboxylic acid groups (broad SMARTS) is 1. The smallest absolute Gasteiger partial charge is 0.392 e. The number of nitriles is 1. The lowest BCUT2D eigenvalue weighted by atomic mass is 10.0. The number of benzene rings is 1. The van der Waals surface area contributed by atoms with Gasteiger partial charge in [0.1, 0.15) is 5.75 Å². The summed E-state index contributed by atoms with van der Waals surface area (Å²) < 4.78 is 11.1. The van der Waals surface area contributed by atoms with Crippen LogP contribution in [0.15, 0.2) is 23.4 Å². The molecule has 0 amide bonds. The number of hydrogen-bond donors (Lipinski definition) is 1. The van der Waals surface area contributed by atoms with Crippen molar-refractivity contribution in [1.29, 1.82) is 5.26 Å². The van der Waals surface area contributed by atoms with Gasteiger partial charge in [0.25, 0.3) is 0 Å². The molecule has 30 heavy (non-hydrogen) atoms. The first kappa shape index (κ1) is 22.9. The first-order chi connectivity index (χ1) is 14.2. The van der Waals surface area contributed by atoms with Gasteiger partial charge in [0.2, 0.25) is 0 Å². The fourth-order valence-corrected chi connectivity index (χ4v) is 2.83. The molecule has 0 saturated carbocycles. The minimum atomic E-state index is -1.33. The number of ether oxygens (including phenoxy) is 2. The Labute approximate surface area is 177 Å². The van der Waals surface area contributed by atoms with Gasteiger partial charge in [0.05, 0.1) is 16.6 Å². The van der Waals surface area contributed by atoms with Crippen molar-refractivity contribution in [2.75, 3.05) is 6.26 Å². The molecule has 11 heteroatoms. The number of nitrogens with zero attached hydrogens (tertiary/aromatic N) is 4. The van der Waals surface area contributed by atoms with Gasteiger partial charge in [-0.3, -0.25) is 10.1 Å². The van der Waals surface area contributed by atoms with Crippen molar-refractivity contribution >= 4 is 23.4 Å². The van der Waals surface area contributed by atoms with Gasteiger partial charge in [0, 0.05) is 5.92 Å². The number of carboxylic acids is 1. The Hall–Kier alpha value is -3.39. The zero-order valence-corrected chi connectivity index (χ0v) is 17.6. The lowest BCUT2D eigenvalue weighted by Gasteiger charge is -2.20. The van der Waals surface area contributed by atoms with Gasteiger partial charge in [-0.05, 0) is 43.4 Å². The Balaban J connectivity index is 2.56. The Bertz CT molecular complexity index is 1010. The number of carbonyl (C=O) groups is 1. The molecule has 2 rings (SSSR count). The van der Waals surface area contributed by atoms with E-state index >= 15 is 0 Å². The number of rotatable bonds is 9. The maximum Gasteiger partial charge on any atom is 0.392 e. The molecule has 0 bridgehead atoms. The summed E-state index contributed by atoms with van der Waals surface area (Å²) in [5.41, 5.74) is 0.381. The van der Waals surface area contributed by atoms with Crippen molar-refractivity contribution in [2.45, 2.75) is 38.5 Å². The molecule has 2 aromatic rings. The highest BCUT2D eigenvalue weighted by atomic mass is 32.2. The molecular formula is C19H20N4O6S. The van der Waals surface area contributed by atoms with E-state index in [4.69, 9.17) is 14.7 Å². The van der Waals surface area contributed by atoms with Gasteiger partial charge in [0.15, 0.2) is 11.3 Å². The van der Waals surface area contributed by atoms with E-state index in [9.17, 15) is 20.0 Å². The van der Waals surface area contributed by atoms with Crippen LogP contribution in [0.4, 0.5) is 5.69 Å². The molecule has 2 unspecified atom stereocenters. The second-order valence-corrected chi connectivity index (χ2v) is 7.15. The summed E-state index contributed by atoms with van der Waals surface area (Å²) in [5, 5.41) is 30.4. The summed E-state index contributed by atoms with van der Waals surface area (Å²) in [5.74, 6) is -2.31. The van der Waals surface area contributed by atoms with Crippen LogP contribution in [0.25, 0.3) is 0 Å². The Kier molecular flexibility index (Phi) is 7.54. The van der Waals surface area contributed by atoms with E-state index in [1.54, 1.807) is 33.1 Å². The highest BCUT2D eigenvalue weighted by Gasteiger charge is 2.34. The number of hydrogen-bond acceptors (Lipinski definition) is 9. The van der Waals surface area contributed by atoms with Gasteiger partial charge in [-0.1, -0.05) is 25.6 Å². The predicted octanol–water partition coefficient (Wildman–Crippen LogP) is 3.96. The lowest BCUT2D eigenvalue weighted by molar-refractivity contribution is -0.387. The molecule has 1 heterocycles. The van der Waals surface area contributed by atoms with Crippen molar-refractivity contribution in [3.05, 3.63) is 39.4 Å². The van der Waals surface area contributed by atoms with Gasteiger partial charge < -0.3 is 14.6 Å². The van der Waals surface area contributed by atoms with Crippen LogP contribution in [-0.4, -0.2) is 38.3 Å². The van der Waals surface area contributed by atoms with E-state index in [2.05, 4.69) is 9.97 Å². The third-order valence-corrected chi connectivity index (χ3v) is 4.89. The Morgan fingerprint density at radius 1 is 1.40 bits per heavy atom. The number of aliphatic carboxylic acids is 1. The Morgan fingerprint density at radius 3 is 2.57 bits per heavy atom. The highest BCUT2D eigenvalue weighted by Crippen LogP contribution is 2.39. The molecule has 0 aliphatic rings. The van der Waals surface area contributed by atoms with Gasteiger partial charge in [-0.15, -0.1) is 0 Å². The molecule has 0 saturated heterocycles. The van der Waals surface area contributed by atoms with Gasteiger partial charge >= 0.3 is 23.4 Å². The van der Waals surface area contributed by atoms with Crippen molar-refractivity contribution in [1.82, 2.24) is 9.97 Å². The third kappa shape index (κ3) is 5.15. The number of aryl methyl sites for hydroxylation is 1. The van der Waals surface area contributed by atoms with Crippen molar-refractivity contribution in [2.24, 2.45) is 5.92 Å². The summed E-state index contributed by atoms with van der Waals surface area (Å²) in [6, 6.07) is 6.57. The summed E-state index contributed by atoms with van der Waals surface area (Å²) in [6.07, 6.45) is 0.812. The molecule has 158 valence electrons. The average molecular weight is 432 g/mol. The summed E-state index contributed by atoms with van der Waals surface area (Å²) >= 11 is 1.09. The lowest BCUT2D eigenvalue weighted by Crippen LogP contribution is -2.34. The van der Waals surface area contributed by atoms with E-state index in [1.807, 2.05) is 6.07 Å². The molecule has 1 N–H and O–H groups in total. The minimum Gasteiger partial charge on any atom is -0.478 e. The Morgan fingerprint density at radius 2 is 2.07 bits per heavy atom. The van der Waals surface area contributed by atoms with Crippen LogP contribution in [0.5, 0.6) is 17.5 Å². The summed E-state index contributed by atoms with van der Waals surface area (Å²) in [6.45, 7) is 5.15. The van der Waals surface area contributed by atoms with Crippen LogP contribution in [0.2, 0.25) is 0 Å². The minimum absolute atomic E-state index is 0.115. The van der Waals surface area contributed by atoms with Crippen LogP contribution >= 0.6 is 11.8 Å². The quantitative estimate of drug-likeness (QED) is 0.267. The molecule has 0 radical (unpaired) electrons.